The zero-order chi connectivity index (χ0) is 15.8. The Morgan fingerprint density at radius 3 is 2.71 bits per heavy atom. The Bertz CT molecular complexity index is 681. The molecule has 0 saturated heterocycles. The summed E-state index contributed by atoms with van der Waals surface area (Å²) in [6, 6.07) is 0. The van der Waals surface area contributed by atoms with Gasteiger partial charge in [0.25, 0.3) is 0 Å². The Kier molecular flexibility index (Phi) is 4.62. The molecule has 2 heterocycles. The van der Waals surface area contributed by atoms with Crippen molar-refractivity contribution in [3.8, 4) is 0 Å². The molecule has 1 amide bonds. The van der Waals surface area contributed by atoms with Gasteiger partial charge in [-0.3, -0.25) is 0 Å². The maximum Gasteiger partial charge on any atom is 0.435 e. The van der Waals surface area contributed by atoms with E-state index in [1.54, 1.807) is 11.1 Å². The van der Waals surface area contributed by atoms with Crippen molar-refractivity contribution in [3.63, 3.8) is 0 Å². The second-order valence-electron chi connectivity index (χ2n) is 5.44. The van der Waals surface area contributed by atoms with E-state index in [0.717, 1.165) is 3.57 Å². The lowest BCUT2D eigenvalue weighted by atomic mass is 10.1. The summed E-state index contributed by atoms with van der Waals surface area (Å²) in [5.74, 6) is 0. The zero-order valence-electron chi connectivity index (χ0n) is 12.2. The molecule has 0 aliphatic heterocycles. The molecule has 114 valence electrons. The molecule has 0 aromatic carbocycles. The number of hydrogen-bond acceptors (Lipinski definition) is 4. The van der Waals surface area contributed by atoms with E-state index in [1.807, 2.05) is 27.7 Å². The average molecular weight is 423 g/mol. The highest BCUT2D eigenvalue weighted by Crippen LogP contribution is 2.26. The molecule has 2 aromatic rings. The molecule has 0 spiro atoms. The van der Waals surface area contributed by atoms with Crippen LogP contribution in [-0.2, 0) is 0 Å². The summed E-state index contributed by atoms with van der Waals surface area (Å²) in [7, 11) is 0. The van der Waals surface area contributed by atoms with Gasteiger partial charge in [0.15, 0.2) is 5.65 Å². The first kappa shape index (κ1) is 16.3. The van der Waals surface area contributed by atoms with Crippen molar-refractivity contribution >= 4 is 51.3 Å². The van der Waals surface area contributed by atoms with Gasteiger partial charge < -0.3 is 9.74 Å². The van der Waals surface area contributed by atoms with Crippen LogP contribution in [0, 0.1) is 3.57 Å². The van der Waals surface area contributed by atoms with Gasteiger partial charge in [-0.15, -0.1) is 0 Å². The molecule has 0 aliphatic rings. The fraction of sp³-hybridized carbons (Fsp3) is 0.462. The fourth-order valence-electron chi connectivity index (χ4n) is 2.04. The minimum absolute atomic E-state index is 0.325. The highest BCUT2D eigenvalue weighted by atomic mass is 127. The van der Waals surface area contributed by atoms with E-state index >= 15 is 0 Å². The van der Waals surface area contributed by atoms with Crippen LogP contribution in [-0.4, -0.2) is 37.8 Å². The van der Waals surface area contributed by atoms with Crippen molar-refractivity contribution in [1.82, 2.24) is 19.6 Å². The number of rotatable bonds is 2. The molecular weight excluding hydrogens is 407 g/mol. The van der Waals surface area contributed by atoms with Gasteiger partial charge in [0.2, 0.25) is 0 Å². The Labute approximate surface area is 141 Å². The summed E-state index contributed by atoms with van der Waals surface area (Å²) in [6.07, 6.45) is 2.57. The molecule has 0 saturated carbocycles. The van der Waals surface area contributed by atoms with Crippen molar-refractivity contribution in [2.75, 3.05) is 6.54 Å². The van der Waals surface area contributed by atoms with Crippen molar-refractivity contribution in [2.45, 2.75) is 33.2 Å². The number of carbonyl (C=O) groups is 1. The Morgan fingerprint density at radius 1 is 1.48 bits per heavy atom. The lowest BCUT2D eigenvalue weighted by Gasteiger charge is -2.33. The molecule has 8 heteroatoms. The average Bonchev–Trinajstić information content (AvgIpc) is 2.66. The first-order chi connectivity index (χ1) is 9.75. The second kappa shape index (κ2) is 5.96. The second-order valence-corrected chi connectivity index (χ2v) is 6.96. The lowest BCUT2D eigenvalue weighted by Crippen LogP contribution is -2.48. The van der Waals surface area contributed by atoms with Crippen LogP contribution >= 0.6 is 34.2 Å². The van der Waals surface area contributed by atoms with Gasteiger partial charge >= 0.3 is 6.09 Å². The van der Waals surface area contributed by atoms with Gasteiger partial charge in [0, 0.05) is 15.7 Å². The third-order valence-corrected chi connectivity index (χ3v) is 4.09. The Balaban J connectivity index is 2.37. The number of amides is 1. The third-order valence-electron chi connectivity index (χ3n) is 2.98. The summed E-state index contributed by atoms with van der Waals surface area (Å²) >= 11 is 8.16. The van der Waals surface area contributed by atoms with E-state index < -0.39 is 6.09 Å². The highest BCUT2D eigenvalue weighted by molar-refractivity contribution is 14.1. The zero-order valence-corrected chi connectivity index (χ0v) is 15.1. The van der Waals surface area contributed by atoms with Gasteiger partial charge in [0.1, 0.15) is 11.5 Å². The van der Waals surface area contributed by atoms with E-state index in [2.05, 4.69) is 32.6 Å². The first-order valence-electron chi connectivity index (χ1n) is 6.42. The van der Waals surface area contributed by atoms with Gasteiger partial charge in [-0.25, -0.2) is 14.8 Å². The van der Waals surface area contributed by atoms with Crippen LogP contribution in [0.15, 0.2) is 12.5 Å². The van der Waals surface area contributed by atoms with Crippen LogP contribution in [0.1, 0.15) is 27.7 Å². The largest absolute Gasteiger partial charge is 0.435 e. The molecule has 0 unspecified atom stereocenters. The van der Waals surface area contributed by atoms with Crippen molar-refractivity contribution in [3.05, 3.63) is 21.2 Å². The Morgan fingerprint density at radius 2 is 2.14 bits per heavy atom. The summed E-state index contributed by atoms with van der Waals surface area (Å²) in [4.78, 5) is 27.5. The van der Waals surface area contributed by atoms with Crippen LogP contribution in [0.25, 0.3) is 11.0 Å². The van der Waals surface area contributed by atoms with Crippen LogP contribution in [0.5, 0.6) is 0 Å². The van der Waals surface area contributed by atoms with Crippen LogP contribution in [0.3, 0.4) is 0 Å². The minimum Gasteiger partial charge on any atom is -0.315 e. The van der Waals surface area contributed by atoms with Crippen LogP contribution in [0.2, 0.25) is 5.15 Å². The summed E-state index contributed by atoms with van der Waals surface area (Å²) in [5.41, 5.74) is 0.145. The molecular formula is C13H16ClIN4O2. The van der Waals surface area contributed by atoms with Gasteiger partial charge in [-0.05, 0) is 50.3 Å². The first-order valence-corrected chi connectivity index (χ1v) is 7.88. The molecule has 0 fully saturated rings. The SMILES string of the molecule is CCN(C(=O)On1cc(I)c2c(Cl)ncnc21)C(C)(C)C. The minimum atomic E-state index is -0.437. The Hall–Kier alpha value is -1.09. The third kappa shape index (κ3) is 3.23. The lowest BCUT2D eigenvalue weighted by molar-refractivity contribution is 0.0662. The van der Waals surface area contributed by atoms with E-state index in [9.17, 15) is 4.79 Å². The molecule has 0 N–H and O–H groups in total. The summed E-state index contributed by atoms with van der Waals surface area (Å²) in [6.45, 7) is 8.31. The van der Waals surface area contributed by atoms with Crippen molar-refractivity contribution in [2.24, 2.45) is 0 Å². The predicted octanol–water partition coefficient (Wildman–Crippen LogP) is 3.36. The van der Waals surface area contributed by atoms with E-state index in [0.29, 0.717) is 22.7 Å². The van der Waals surface area contributed by atoms with Crippen molar-refractivity contribution in [1.29, 1.82) is 0 Å². The molecule has 2 aromatic heterocycles. The summed E-state index contributed by atoms with van der Waals surface area (Å²) < 4.78 is 2.15. The van der Waals surface area contributed by atoms with E-state index in [1.165, 1.54) is 11.1 Å². The number of halogens is 2. The number of hydrogen-bond donors (Lipinski definition) is 0. The highest BCUT2D eigenvalue weighted by Gasteiger charge is 2.27. The summed E-state index contributed by atoms with van der Waals surface area (Å²) in [5, 5.41) is 1.01. The number of aromatic nitrogens is 3. The predicted molar refractivity (Wildman–Crippen MR) is 89.4 cm³/mol. The number of nitrogens with zero attached hydrogens (tertiary/aromatic N) is 4. The molecule has 0 aliphatic carbocycles. The smallest absolute Gasteiger partial charge is 0.315 e. The monoisotopic (exact) mass is 422 g/mol. The van der Waals surface area contributed by atoms with E-state index in [4.69, 9.17) is 16.4 Å². The van der Waals surface area contributed by atoms with Crippen LogP contribution in [0.4, 0.5) is 4.79 Å². The van der Waals surface area contributed by atoms with Gasteiger partial charge in [0.05, 0.1) is 11.6 Å². The van der Waals surface area contributed by atoms with E-state index in [-0.39, 0.29) is 5.54 Å². The van der Waals surface area contributed by atoms with Gasteiger partial charge in [-0.2, -0.15) is 4.73 Å². The molecule has 0 bridgehead atoms. The maximum absolute atomic E-state index is 12.3. The normalized spacial score (nSPS) is 11.7. The fourth-order valence-corrected chi connectivity index (χ4v) is 3.18. The molecule has 6 nitrogen and oxygen atoms in total. The quantitative estimate of drug-likeness (QED) is 0.550. The van der Waals surface area contributed by atoms with Crippen LogP contribution < -0.4 is 4.84 Å². The van der Waals surface area contributed by atoms with Crippen molar-refractivity contribution < 1.29 is 9.63 Å². The molecule has 21 heavy (non-hydrogen) atoms. The maximum atomic E-state index is 12.3. The molecule has 0 radical (unpaired) electrons. The molecule has 2 rings (SSSR count). The number of carbonyl (C=O) groups excluding carboxylic acids is 1. The standard InChI is InChI=1S/C13H16ClIN4O2/c1-5-18(13(2,3)4)12(20)21-19-6-8(15)9-10(14)16-7-17-11(9)19/h6-7H,5H2,1-4H3. The number of fused-ring (bicyclic) bond motifs is 1. The van der Waals surface area contributed by atoms with Gasteiger partial charge in [-0.1, -0.05) is 11.6 Å². The topological polar surface area (TPSA) is 60.2 Å². The molecule has 0 atom stereocenters.